The van der Waals surface area contributed by atoms with Gasteiger partial charge in [-0.05, 0) is 58.9 Å². The van der Waals surface area contributed by atoms with E-state index in [-0.39, 0.29) is 28.9 Å². The molecule has 4 aromatic rings. The Hall–Kier alpha value is -4.17. The zero-order valence-electron chi connectivity index (χ0n) is 28.2. The number of ketones is 1. The quantitative estimate of drug-likeness (QED) is 0.167. The summed E-state index contributed by atoms with van der Waals surface area (Å²) in [6.07, 6.45) is 5.98. The number of rotatable bonds is 10. The maximum absolute atomic E-state index is 13.6. The van der Waals surface area contributed by atoms with Crippen molar-refractivity contribution >= 4 is 29.0 Å². The molecule has 2 aromatic heterocycles. The van der Waals surface area contributed by atoms with E-state index in [2.05, 4.69) is 81.1 Å². The summed E-state index contributed by atoms with van der Waals surface area (Å²) in [7, 11) is 0. The normalized spacial score (nSPS) is 17.3. The number of hydrogen-bond donors (Lipinski definition) is 2. The molecule has 7 nitrogen and oxygen atoms in total. The molecule has 0 bridgehead atoms. The van der Waals surface area contributed by atoms with Gasteiger partial charge in [0.25, 0.3) is 0 Å². The second-order valence-electron chi connectivity index (χ2n) is 14.8. The molecule has 0 spiro atoms. The highest BCUT2D eigenvalue weighted by molar-refractivity contribution is 7.14. The van der Waals surface area contributed by atoms with Crippen LogP contribution in [0.5, 0.6) is 0 Å². The van der Waals surface area contributed by atoms with E-state index in [0.29, 0.717) is 30.0 Å². The van der Waals surface area contributed by atoms with E-state index in [1.807, 2.05) is 48.8 Å². The van der Waals surface area contributed by atoms with E-state index >= 15 is 0 Å². The lowest BCUT2D eigenvalue weighted by Crippen LogP contribution is -2.44. The van der Waals surface area contributed by atoms with Crippen LogP contribution in [0, 0.1) is 11.8 Å². The van der Waals surface area contributed by atoms with E-state index in [0.717, 1.165) is 33.6 Å². The Morgan fingerprint density at radius 1 is 0.830 bits per heavy atom. The Morgan fingerprint density at radius 2 is 1.47 bits per heavy atom. The summed E-state index contributed by atoms with van der Waals surface area (Å²) in [4.78, 5) is 49.8. The maximum Gasteiger partial charge on any atom is 0.308 e. The summed E-state index contributed by atoms with van der Waals surface area (Å²) in [6.45, 7) is 12.9. The van der Waals surface area contributed by atoms with Crippen molar-refractivity contribution in [2.75, 3.05) is 0 Å². The molecule has 8 heteroatoms. The summed E-state index contributed by atoms with van der Waals surface area (Å²) in [5.74, 6) is -1.88. The summed E-state index contributed by atoms with van der Waals surface area (Å²) in [5.41, 5.74) is 5.04. The van der Waals surface area contributed by atoms with Crippen LogP contribution in [0.15, 0.2) is 73.1 Å². The van der Waals surface area contributed by atoms with E-state index in [1.54, 1.807) is 0 Å². The molecule has 1 amide bonds. The second-order valence-corrected chi connectivity index (χ2v) is 15.8. The van der Waals surface area contributed by atoms with E-state index in [1.165, 1.54) is 16.9 Å². The van der Waals surface area contributed by atoms with E-state index < -0.39 is 23.8 Å². The third-order valence-corrected chi connectivity index (χ3v) is 10.6. The van der Waals surface area contributed by atoms with Crippen molar-refractivity contribution < 1.29 is 19.5 Å². The lowest BCUT2D eigenvalue weighted by molar-refractivity contribution is -0.142. The molecule has 3 atom stereocenters. The number of benzene rings is 2. The van der Waals surface area contributed by atoms with Gasteiger partial charge in [0.05, 0.1) is 10.8 Å². The van der Waals surface area contributed by atoms with Crippen molar-refractivity contribution in [1.82, 2.24) is 15.3 Å². The van der Waals surface area contributed by atoms with Crippen LogP contribution < -0.4 is 5.32 Å². The summed E-state index contributed by atoms with van der Waals surface area (Å²) < 4.78 is 0. The minimum Gasteiger partial charge on any atom is -0.481 e. The Kier molecular flexibility index (Phi) is 10.1. The zero-order chi connectivity index (χ0) is 33.9. The summed E-state index contributed by atoms with van der Waals surface area (Å²) in [5, 5.41) is 12.6. The van der Waals surface area contributed by atoms with Crippen LogP contribution in [0.1, 0.15) is 92.9 Å². The fourth-order valence-corrected chi connectivity index (χ4v) is 7.08. The number of carbonyl (C=O) groups is 3. The summed E-state index contributed by atoms with van der Waals surface area (Å²) >= 11 is 1.47. The first kappa shape index (κ1) is 34.2. The predicted molar refractivity (Wildman–Crippen MR) is 188 cm³/mol. The van der Waals surface area contributed by atoms with Gasteiger partial charge in [-0.15, -0.1) is 11.3 Å². The molecule has 2 aromatic carbocycles. The summed E-state index contributed by atoms with van der Waals surface area (Å²) in [6, 6.07) is 19.7. The number of thiophene rings is 1. The SMILES string of the molecule is CC(C)(C)c1ccc(-c2cnc(-c3ccc(C[C@H](CC(=O)c4ccc(C(C)(C)C)s4)C(=O)N[C@H]4CCC[C@H]4C(=O)O)cc3)nc2)cc1. The van der Waals surface area contributed by atoms with Crippen LogP contribution in [0.4, 0.5) is 0 Å². The first-order valence-corrected chi connectivity index (χ1v) is 17.2. The number of carbonyl (C=O) groups excluding carboxylic acids is 2. The van der Waals surface area contributed by atoms with Crippen LogP contribution in [0.25, 0.3) is 22.5 Å². The van der Waals surface area contributed by atoms with E-state index in [4.69, 9.17) is 0 Å². The van der Waals surface area contributed by atoms with Crippen molar-refractivity contribution in [2.45, 2.75) is 90.5 Å². The highest BCUT2D eigenvalue weighted by Crippen LogP contribution is 2.32. The molecule has 5 rings (SSSR count). The van der Waals surface area contributed by atoms with Crippen molar-refractivity contribution in [2.24, 2.45) is 11.8 Å². The smallest absolute Gasteiger partial charge is 0.308 e. The molecule has 0 unspecified atom stereocenters. The predicted octanol–water partition coefficient (Wildman–Crippen LogP) is 8.27. The van der Waals surface area contributed by atoms with Crippen molar-refractivity contribution in [1.29, 1.82) is 0 Å². The first-order valence-electron chi connectivity index (χ1n) is 16.4. The monoisotopic (exact) mass is 651 g/mol. The standard InChI is InChI=1S/C39H45N3O4S/c1-38(2,3)29-16-14-25(15-17-29)28-22-40-35(41-23-28)26-12-10-24(11-13-26)20-27(36(44)42-31-9-7-8-30(31)37(45)46)21-32(43)33-18-19-34(47-33)39(4,5)6/h10-19,22-23,27,30-31H,7-9,20-21H2,1-6H3,(H,42,44)(H,45,46)/t27-,30-,31+/m1/s1. The number of aliphatic carboxylic acids is 1. The van der Waals surface area contributed by atoms with Gasteiger partial charge in [-0.2, -0.15) is 0 Å². The molecule has 1 saturated carbocycles. The molecule has 2 heterocycles. The topological polar surface area (TPSA) is 109 Å². The molecule has 47 heavy (non-hydrogen) atoms. The fraction of sp³-hybridized carbons (Fsp3) is 0.410. The molecular weight excluding hydrogens is 607 g/mol. The van der Waals surface area contributed by atoms with Gasteiger partial charge in [0.2, 0.25) is 5.91 Å². The number of nitrogens with zero attached hydrogens (tertiary/aromatic N) is 2. The second kappa shape index (κ2) is 13.9. The lowest BCUT2D eigenvalue weighted by atomic mass is 9.86. The minimum absolute atomic E-state index is 0.0451. The number of Topliss-reactive ketones (excluding diaryl/α,β-unsaturated/α-hetero) is 1. The molecule has 0 radical (unpaired) electrons. The molecule has 246 valence electrons. The average molecular weight is 652 g/mol. The van der Waals surface area contributed by atoms with Crippen LogP contribution in [-0.4, -0.2) is 38.8 Å². The van der Waals surface area contributed by atoms with Crippen molar-refractivity contribution in [3.63, 3.8) is 0 Å². The van der Waals surface area contributed by atoms with Crippen LogP contribution in [0.3, 0.4) is 0 Å². The van der Waals surface area contributed by atoms with Gasteiger partial charge >= 0.3 is 5.97 Å². The average Bonchev–Trinajstić information content (AvgIpc) is 3.72. The number of aromatic nitrogens is 2. The largest absolute Gasteiger partial charge is 0.481 e. The minimum atomic E-state index is -0.891. The number of carboxylic acid groups (broad SMARTS) is 1. The Balaban J connectivity index is 1.31. The third-order valence-electron chi connectivity index (χ3n) is 9.01. The van der Waals surface area contributed by atoms with Crippen molar-refractivity contribution in [3.05, 3.63) is 93.9 Å². The number of amides is 1. The van der Waals surface area contributed by atoms with Gasteiger partial charge in [0, 0.05) is 46.8 Å². The lowest BCUT2D eigenvalue weighted by Gasteiger charge is -2.22. The van der Waals surface area contributed by atoms with Crippen molar-refractivity contribution in [3.8, 4) is 22.5 Å². The van der Waals surface area contributed by atoms with Crippen LogP contribution >= 0.6 is 11.3 Å². The highest BCUT2D eigenvalue weighted by atomic mass is 32.1. The molecule has 0 saturated heterocycles. The molecule has 1 aliphatic carbocycles. The first-order chi connectivity index (χ1) is 22.2. The number of carboxylic acids is 1. The molecule has 0 aliphatic heterocycles. The highest BCUT2D eigenvalue weighted by Gasteiger charge is 2.36. The van der Waals surface area contributed by atoms with Gasteiger partial charge in [-0.25, -0.2) is 9.97 Å². The van der Waals surface area contributed by atoms with Crippen LogP contribution in [0.2, 0.25) is 0 Å². The number of hydrogen-bond acceptors (Lipinski definition) is 6. The molecular formula is C39H45N3O4S. The zero-order valence-corrected chi connectivity index (χ0v) is 29.0. The van der Waals surface area contributed by atoms with Gasteiger partial charge in [-0.1, -0.05) is 96.5 Å². The Morgan fingerprint density at radius 3 is 2.04 bits per heavy atom. The van der Waals surface area contributed by atoms with Gasteiger partial charge in [0.15, 0.2) is 11.6 Å². The third kappa shape index (κ3) is 8.41. The fourth-order valence-electron chi connectivity index (χ4n) is 6.07. The van der Waals surface area contributed by atoms with E-state index in [9.17, 15) is 19.5 Å². The number of nitrogens with one attached hydrogen (secondary N) is 1. The van der Waals surface area contributed by atoms with Crippen LogP contribution in [-0.2, 0) is 26.8 Å². The van der Waals surface area contributed by atoms with Gasteiger partial charge < -0.3 is 10.4 Å². The molecule has 2 N–H and O–H groups in total. The molecule has 1 aliphatic rings. The van der Waals surface area contributed by atoms with Gasteiger partial charge in [-0.3, -0.25) is 14.4 Å². The molecule has 1 fully saturated rings. The van der Waals surface area contributed by atoms with Gasteiger partial charge in [0.1, 0.15) is 0 Å². The maximum atomic E-state index is 13.6. The Labute approximate surface area is 281 Å². The Bertz CT molecular complexity index is 1710.